The third-order valence-electron chi connectivity index (χ3n) is 4.92. The van der Waals surface area contributed by atoms with Crippen molar-refractivity contribution in [2.75, 3.05) is 13.2 Å². The number of nitrogens with zero attached hydrogens (tertiary/aromatic N) is 5. The van der Waals surface area contributed by atoms with Crippen LogP contribution in [-0.2, 0) is 10.3 Å². The first-order valence-corrected chi connectivity index (χ1v) is 9.71. The number of tetrazole rings is 1. The monoisotopic (exact) mass is 426 g/mol. The molecule has 2 heterocycles. The Balaban J connectivity index is 1.41. The average molecular weight is 427 g/mol. The number of hydrogen-bond donors (Lipinski definition) is 1. The SMILES string of the molecule is C[C@]1(c2cccc(-n3cnnn3)c2)NC(=O)N(CCCOc2ccc(Cl)cc2)C1=O. The van der Waals surface area contributed by atoms with E-state index < -0.39 is 11.6 Å². The minimum Gasteiger partial charge on any atom is -0.494 e. The van der Waals surface area contributed by atoms with Gasteiger partial charge in [-0.25, -0.2) is 9.48 Å². The Morgan fingerprint density at radius 2 is 1.97 bits per heavy atom. The standard InChI is InChI=1S/C20H19ClN6O3/c1-20(14-4-2-5-16(12-14)27-13-22-24-25-27)18(28)26(19(29)23-20)10-3-11-30-17-8-6-15(21)7-9-17/h2,4-9,12-13H,3,10-11H2,1H3,(H,23,29)/t20-/m1/s1. The van der Waals surface area contributed by atoms with Gasteiger partial charge < -0.3 is 10.1 Å². The number of aromatic nitrogens is 4. The second-order valence-corrected chi connectivity index (χ2v) is 7.41. The third-order valence-corrected chi connectivity index (χ3v) is 5.17. The van der Waals surface area contributed by atoms with Gasteiger partial charge in [0.15, 0.2) is 0 Å². The van der Waals surface area contributed by atoms with E-state index in [-0.39, 0.29) is 12.5 Å². The highest BCUT2D eigenvalue weighted by molar-refractivity contribution is 6.30. The van der Waals surface area contributed by atoms with Crippen molar-refractivity contribution >= 4 is 23.5 Å². The van der Waals surface area contributed by atoms with Crippen LogP contribution in [0.1, 0.15) is 18.9 Å². The molecule has 1 aliphatic heterocycles. The van der Waals surface area contributed by atoms with Gasteiger partial charge in [-0.2, -0.15) is 0 Å². The summed E-state index contributed by atoms with van der Waals surface area (Å²) in [7, 11) is 0. The van der Waals surface area contributed by atoms with Crippen LogP contribution >= 0.6 is 11.6 Å². The number of urea groups is 1. The van der Waals surface area contributed by atoms with Crippen molar-refractivity contribution in [3.05, 3.63) is 65.4 Å². The Morgan fingerprint density at radius 1 is 1.17 bits per heavy atom. The molecular formula is C20H19ClN6O3. The average Bonchev–Trinajstić information content (AvgIpc) is 3.36. The lowest BCUT2D eigenvalue weighted by Gasteiger charge is -2.22. The van der Waals surface area contributed by atoms with E-state index in [1.165, 1.54) is 15.9 Å². The van der Waals surface area contributed by atoms with Gasteiger partial charge in [0.1, 0.15) is 17.6 Å². The van der Waals surface area contributed by atoms with Crippen molar-refractivity contribution in [2.24, 2.45) is 0 Å². The first-order chi connectivity index (χ1) is 14.5. The lowest BCUT2D eigenvalue weighted by Crippen LogP contribution is -2.41. The lowest BCUT2D eigenvalue weighted by molar-refractivity contribution is -0.131. The zero-order valence-electron chi connectivity index (χ0n) is 16.2. The van der Waals surface area contributed by atoms with Crippen molar-refractivity contribution in [1.82, 2.24) is 30.4 Å². The highest BCUT2D eigenvalue weighted by Gasteiger charge is 2.48. The molecule has 3 amide bonds. The molecular weight excluding hydrogens is 408 g/mol. The Morgan fingerprint density at radius 3 is 2.70 bits per heavy atom. The van der Waals surface area contributed by atoms with Gasteiger partial charge in [-0.15, -0.1) is 5.10 Å². The zero-order valence-corrected chi connectivity index (χ0v) is 16.9. The number of imide groups is 1. The van der Waals surface area contributed by atoms with Crippen molar-refractivity contribution in [2.45, 2.75) is 18.9 Å². The number of ether oxygens (including phenoxy) is 1. The fourth-order valence-corrected chi connectivity index (χ4v) is 3.40. The largest absolute Gasteiger partial charge is 0.494 e. The topological polar surface area (TPSA) is 102 Å². The summed E-state index contributed by atoms with van der Waals surface area (Å²) < 4.78 is 7.12. The van der Waals surface area contributed by atoms with Crippen molar-refractivity contribution < 1.29 is 14.3 Å². The van der Waals surface area contributed by atoms with E-state index in [0.29, 0.717) is 35.1 Å². The van der Waals surface area contributed by atoms with E-state index in [9.17, 15) is 9.59 Å². The number of amides is 3. The lowest BCUT2D eigenvalue weighted by atomic mass is 9.91. The van der Waals surface area contributed by atoms with Crippen LogP contribution in [0.25, 0.3) is 5.69 Å². The Hall–Kier alpha value is -3.46. The fourth-order valence-electron chi connectivity index (χ4n) is 3.28. The molecule has 154 valence electrons. The highest BCUT2D eigenvalue weighted by Crippen LogP contribution is 2.30. The van der Waals surface area contributed by atoms with Gasteiger partial charge in [-0.05, 0) is 65.7 Å². The number of carbonyl (C=O) groups is 2. The molecule has 1 atom stereocenters. The maximum absolute atomic E-state index is 13.1. The number of halogens is 1. The highest BCUT2D eigenvalue weighted by atomic mass is 35.5. The smallest absolute Gasteiger partial charge is 0.325 e. The molecule has 0 spiro atoms. The molecule has 1 fully saturated rings. The van der Waals surface area contributed by atoms with E-state index >= 15 is 0 Å². The molecule has 3 aromatic rings. The van der Waals surface area contributed by atoms with Crippen molar-refractivity contribution in [3.63, 3.8) is 0 Å². The number of hydrogen-bond acceptors (Lipinski definition) is 6. The van der Waals surface area contributed by atoms with Gasteiger partial charge in [0, 0.05) is 11.6 Å². The third kappa shape index (κ3) is 3.84. The van der Waals surface area contributed by atoms with Crippen LogP contribution in [0.15, 0.2) is 54.9 Å². The fraction of sp³-hybridized carbons (Fsp3) is 0.250. The van der Waals surface area contributed by atoms with Gasteiger partial charge in [0.05, 0.1) is 12.3 Å². The van der Waals surface area contributed by atoms with Crippen LogP contribution in [0.5, 0.6) is 5.75 Å². The summed E-state index contributed by atoms with van der Waals surface area (Å²) in [4.78, 5) is 26.8. The van der Waals surface area contributed by atoms with Gasteiger partial charge in [-0.3, -0.25) is 9.69 Å². The van der Waals surface area contributed by atoms with Crippen LogP contribution in [-0.4, -0.2) is 50.2 Å². The normalized spacial score (nSPS) is 18.5. The number of carbonyl (C=O) groups excluding carboxylic acids is 2. The molecule has 1 aliphatic rings. The van der Waals surface area contributed by atoms with E-state index in [2.05, 4.69) is 20.8 Å². The summed E-state index contributed by atoms with van der Waals surface area (Å²) in [6.07, 6.45) is 1.96. The summed E-state index contributed by atoms with van der Waals surface area (Å²) in [6.45, 7) is 2.31. The quantitative estimate of drug-likeness (QED) is 0.460. The van der Waals surface area contributed by atoms with Crippen LogP contribution in [0, 0.1) is 0 Å². The van der Waals surface area contributed by atoms with Crippen LogP contribution in [0.3, 0.4) is 0 Å². The Kier molecular flexibility index (Phi) is 5.37. The van der Waals surface area contributed by atoms with Crippen LogP contribution in [0.2, 0.25) is 5.02 Å². The predicted molar refractivity (Wildman–Crippen MR) is 108 cm³/mol. The molecule has 0 bridgehead atoms. The molecule has 9 nitrogen and oxygen atoms in total. The number of nitrogens with one attached hydrogen (secondary N) is 1. The molecule has 0 aliphatic carbocycles. The first-order valence-electron chi connectivity index (χ1n) is 9.34. The second kappa shape index (κ2) is 8.11. The predicted octanol–water partition coefficient (Wildman–Crippen LogP) is 2.55. The summed E-state index contributed by atoms with van der Waals surface area (Å²) >= 11 is 5.85. The molecule has 0 saturated carbocycles. The van der Waals surface area contributed by atoms with E-state index in [1.807, 2.05) is 6.07 Å². The van der Waals surface area contributed by atoms with Crippen molar-refractivity contribution in [1.29, 1.82) is 0 Å². The molecule has 0 radical (unpaired) electrons. The molecule has 10 heteroatoms. The van der Waals surface area contributed by atoms with Crippen LogP contribution < -0.4 is 10.1 Å². The molecule has 30 heavy (non-hydrogen) atoms. The van der Waals surface area contributed by atoms with E-state index in [0.717, 1.165) is 0 Å². The van der Waals surface area contributed by atoms with Gasteiger partial charge >= 0.3 is 6.03 Å². The second-order valence-electron chi connectivity index (χ2n) is 6.97. The molecule has 2 aromatic carbocycles. The summed E-state index contributed by atoms with van der Waals surface area (Å²) in [6, 6.07) is 13.8. The Labute approximate surface area is 177 Å². The first kappa shape index (κ1) is 19.8. The van der Waals surface area contributed by atoms with Gasteiger partial charge in [0.2, 0.25) is 0 Å². The van der Waals surface area contributed by atoms with E-state index in [1.54, 1.807) is 49.4 Å². The molecule has 1 aromatic heterocycles. The maximum atomic E-state index is 13.1. The summed E-state index contributed by atoms with van der Waals surface area (Å²) in [5, 5.41) is 14.5. The van der Waals surface area contributed by atoms with Crippen LogP contribution in [0.4, 0.5) is 4.79 Å². The zero-order chi connectivity index (χ0) is 21.1. The molecule has 0 unspecified atom stereocenters. The number of benzene rings is 2. The number of rotatable bonds is 7. The maximum Gasteiger partial charge on any atom is 0.325 e. The minimum absolute atomic E-state index is 0.251. The molecule has 1 N–H and O–H groups in total. The van der Waals surface area contributed by atoms with Gasteiger partial charge in [0.25, 0.3) is 5.91 Å². The Bertz CT molecular complexity index is 1060. The minimum atomic E-state index is -1.17. The van der Waals surface area contributed by atoms with E-state index in [4.69, 9.17) is 16.3 Å². The molecule has 1 saturated heterocycles. The van der Waals surface area contributed by atoms with Crippen molar-refractivity contribution in [3.8, 4) is 11.4 Å². The summed E-state index contributed by atoms with van der Waals surface area (Å²) in [5.41, 5.74) is 0.169. The van der Waals surface area contributed by atoms with Gasteiger partial charge in [-0.1, -0.05) is 23.7 Å². The molecule has 4 rings (SSSR count). The summed E-state index contributed by atoms with van der Waals surface area (Å²) in [5.74, 6) is 0.369.